The molecule has 35 heavy (non-hydrogen) atoms. The van der Waals surface area contributed by atoms with Crippen molar-refractivity contribution in [1.29, 1.82) is 0 Å². The van der Waals surface area contributed by atoms with Gasteiger partial charge in [-0.3, -0.25) is 9.59 Å². The number of benzene rings is 2. The van der Waals surface area contributed by atoms with Gasteiger partial charge in [0.1, 0.15) is 6.61 Å². The number of aliphatic carboxylic acids is 1. The van der Waals surface area contributed by atoms with E-state index in [0.29, 0.717) is 12.8 Å². The molecule has 8 nitrogen and oxygen atoms in total. The third-order valence-electron chi connectivity index (χ3n) is 6.89. The maximum atomic E-state index is 12.6. The summed E-state index contributed by atoms with van der Waals surface area (Å²) in [6.07, 6.45) is 1.72. The van der Waals surface area contributed by atoms with Crippen LogP contribution in [0.1, 0.15) is 56.1 Å². The molecule has 0 aromatic heterocycles. The van der Waals surface area contributed by atoms with Crippen LogP contribution in [0.5, 0.6) is 0 Å². The maximum Gasteiger partial charge on any atom is 0.407 e. The predicted molar refractivity (Wildman–Crippen MR) is 130 cm³/mol. The van der Waals surface area contributed by atoms with Crippen molar-refractivity contribution in [3.05, 3.63) is 59.7 Å². The fourth-order valence-electron chi connectivity index (χ4n) is 5.18. The monoisotopic (exact) mass is 480 g/mol. The van der Waals surface area contributed by atoms with Gasteiger partial charge in [-0.1, -0.05) is 55.0 Å². The van der Waals surface area contributed by atoms with Crippen molar-refractivity contribution in [3.63, 3.8) is 0 Å². The molecule has 0 radical (unpaired) electrons. The van der Waals surface area contributed by atoms with E-state index in [2.05, 4.69) is 34.9 Å². The van der Waals surface area contributed by atoms with Crippen LogP contribution in [0.4, 0.5) is 4.79 Å². The van der Waals surface area contributed by atoms with E-state index in [1.54, 1.807) is 0 Å². The highest BCUT2D eigenvalue weighted by Crippen LogP contribution is 2.44. The molecule has 4 rings (SSSR count). The number of fused-ring (bicyclic) bond motifs is 3. The zero-order chi connectivity index (χ0) is 25.0. The molecule has 186 valence electrons. The van der Waals surface area contributed by atoms with Crippen LogP contribution in [0.25, 0.3) is 11.1 Å². The number of aliphatic hydroxyl groups is 1. The van der Waals surface area contributed by atoms with Gasteiger partial charge in [0.05, 0.1) is 12.0 Å². The topological polar surface area (TPSA) is 125 Å². The van der Waals surface area contributed by atoms with Crippen molar-refractivity contribution >= 4 is 18.0 Å². The highest BCUT2D eigenvalue weighted by Gasteiger charge is 2.32. The second kappa shape index (κ2) is 10.5. The molecule has 2 amide bonds. The van der Waals surface area contributed by atoms with E-state index in [9.17, 15) is 19.5 Å². The lowest BCUT2D eigenvalue weighted by Crippen LogP contribution is -2.46. The zero-order valence-corrected chi connectivity index (χ0v) is 19.8. The molecular formula is C27H32N2O6. The number of hydrogen-bond donors (Lipinski definition) is 4. The van der Waals surface area contributed by atoms with Gasteiger partial charge in [0, 0.05) is 24.4 Å². The Balaban J connectivity index is 1.28. The molecule has 0 bridgehead atoms. The van der Waals surface area contributed by atoms with Crippen molar-refractivity contribution in [2.75, 3.05) is 13.2 Å². The standard InChI is InChI=1S/C27H32N2O6/c1-27(34,14-24(30)31)16-28-25(32)17-7-6-8-18(13-17)29-26(33)35-15-23-21-11-4-2-9-19(21)20-10-3-5-12-22(20)23/h2-5,9-12,17-18,23,34H,6-8,13-16H2,1H3,(H,28,32)(H,29,33)(H,30,31)/t17-,18+,27?/m0/s1. The molecule has 0 spiro atoms. The first-order valence-corrected chi connectivity index (χ1v) is 12.1. The van der Waals surface area contributed by atoms with E-state index in [1.165, 1.54) is 18.1 Å². The van der Waals surface area contributed by atoms with E-state index in [-0.39, 0.29) is 36.9 Å². The number of nitrogens with one attached hydrogen (secondary N) is 2. The maximum absolute atomic E-state index is 12.6. The Bertz CT molecular complexity index is 1050. The molecule has 2 aliphatic rings. The Morgan fingerprint density at radius 1 is 1.03 bits per heavy atom. The summed E-state index contributed by atoms with van der Waals surface area (Å²) in [6, 6.07) is 16.1. The Morgan fingerprint density at radius 2 is 1.66 bits per heavy atom. The molecule has 1 unspecified atom stereocenters. The lowest BCUT2D eigenvalue weighted by molar-refractivity contribution is -0.142. The summed E-state index contributed by atoms with van der Waals surface area (Å²) in [7, 11) is 0. The Labute approximate surface area is 204 Å². The van der Waals surface area contributed by atoms with E-state index in [4.69, 9.17) is 9.84 Å². The van der Waals surface area contributed by atoms with Crippen LogP contribution < -0.4 is 10.6 Å². The summed E-state index contributed by atoms with van der Waals surface area (Å²) in [6.45, 7) is 1.47. The van der Waals surface area contributed by atoms with Gasteiger partial charge in [0.2, 0.25) is 5.91 Å². The lowest BCUT2D eigenvalue weighted by Gasteiger charge is -2.30. The van der Waals surface area contributed by atoms with Crippen molar-refractivity contribution in [1.82, 2.24) is 10.6 Å². The van der Waals surface area contributed by atoms with Gasteiger partial charge in [0.25, 0.3) is 0 Å². The summed E-state index contributed by atoms with van der Waals surface area (Å²) in [5.41, 5.74) is 3.11. The Kier molecular flexibility index (Phi) is 7.40. The van der Waals surface area contributed by atoms with Crippen LogP contribution in [-0.2, 0) is 14.3 Å². The Morgan fingerprint density at radius 3 is 2.29 bits per heavy atom. The van der Waals surface area contributed by atoms with Gasteiger partial charge in [-0.15, -0.1) is 0 Å². The largest absolute Gasteiger partial charge is 0.481 e. The molecule has 2 aromatic carbocycles. The molecule has 0 heterocycles. The van der Waals surface area contributed by atoms with Gasteiger partial charge in [-0.2, -0.15) is 0 Å². The number of amides is 2. The molecule has 0 saturated heterocycles. The van der Waals surface area contributed by atoms with Crippen LogP contribution in [0.2, 0.25) is 0 Å². The van der Waals surface area contributed by atoms with E-state index >= 15 is 0 Å². The lowest BCUT2D eigenvalue weighted by atomic mass is 9.85. The highest BCUT2D eigenvalue weighted by molar-refractivity contribution is 5.80. The summed E-state index contributed by atoms with van der Waals surface area (Å²) < 4.78 is 5.63. The average molecular weight is 481 g/mol. The number of rotatable bonds is 8. The minimum absolute atomic E-state index is 0.0170. The molecule has 2 aliphatic carbocycles. The van der Waals surface area contributed by atoms with Gasteiger partial charge >= 0.3 is 12.1 Å². The molecule has 8 heteroatoms. The van der Waals surface area contributed by atoms with Crippen molar-refractivity contribution in [2.45, 2.75) is 56.6 Å². The van der Waals surface area contributed by atoms with Crippen LogP contribution in [0.15, 0.2) is 48.5 Å². The van der Waals surface area contributed by atoms with Crippen molar-refractivity contribution in [2.24, 2.45) is 5.92 Å². The van der Waals surface area contributed by atoms with Gasteiger partial charge < -0.3 is 25.6 Å². The number of carbonyl (C=O) groups excluding carboxylic acids is 2. The van der Waals surface area contributed by atoms with Crippen LogP contribution in [0.3, 0.4) is 0 Å². The summed E-state index contributed by atoms with van der Waals surface area (Å²) >= 11 is 0. The first-order chi connectivity index (χ1) is 16.7. The molecular weight excluding hydrogens is 448 g/mol. The number of carboxylic acid groups (broad SMARTS) is 1. The fourth-order valence-corrected chi connectivity index (χ4v) is 5.18. The second-order valence-corrected chi connectivity index (χ2v) is 9.82. The first-order valence-electron chi connectivity index (χ1n) is 12.1. The third-order valence-corrected chi connectivity index (χ3v) is 6.89. The van der Waals surface area contributed by atoms with Gasteiger partial charge in [0.15, 0.2) is 0 Å². The Hall–Kier alpha value is -3.39. The van der Waals surface area contributed by atoms with Crippen molar-refractivity contribution in [3.8, 4) is 11.1 Å². The van der Waals surface area contributed by atoms with E-state index in [1.807, 2.05) is 24.3 Å². The number of hydrogen-bond acceptors (Lipinski definition) is 5. The summed E-state index contributed by atoms with van der Waals surface area (Å²) in [5.74, 6) is -1.70. The normalized spacial score (nSPS) is 20.7. The van der Waals surface area contributed by atoms with Crippen LogP contribution in [-0.4, -0.2) is 53.0 Å². The van der Waals surface area contributed by atoms with E-state index < -0.39 is 24.1 Å². The number of alkyl carbamates (subject to hydrolysis) is 1. The van der Waals surface area contributed by atoms with Crippen LogP contribution in [0, 0.1) is 5.92 Å². The number of ether oxygens (including phenoxy) is 1. The third kappa shape index (κ3) is 6.00. The smallest absolute Gasteiger partial charge is 0.407 e. The minimum atomic E-state index is -1.52. The molecule has 0 aliphatic heterocycles. The second-order valence-electron chi connectivity index (χ2n) is 9.82. The number of carboxylic acids is 1. The minimum Gasteiger partial charge on any atom is -0.481 e. The average Bonchev–Trinajstić information content (AvgIpc) is 3.14. The van der Waals surface area contributed by atoms with Gasteiger partial charge in [-0.05, 0) is 48.4 Å². The SMILES string of the molecule is CC(O)(CNC(=O)[C@H]1CCC[C@@H](NC(=O)OCC2c3ccccc3-c3ccccc32)C1)CC(=O)O. The highest BCUT2D eigenvalue weighted by atomic mass is 16.5. The fraction of sp³-hybridized carbons (Fsp3) is 0.444. The molecule has 3 atom stereocenters. The molecule has 1 saturated carbocycles. The summed E-state index contributed by atoms with van der Waals surface area (Å²) in [4.78, 5) is 36.0. The quantitative estimate of drug-likeness (QED) is 0.459. The van der Waals surface area contributed by atoms with E-state index in [0.717, 1.165) is 24.0 Å². The van der Waals surface area contributed by atoms with Gasteiger partial charge in [-0.25, -0.2) is 4.79 Å². The number of carbonyl (C=O) groups is 3. The first kappa shape index (κ1) is 24.7. The zero-order valence-electron chi connectivity index (χ0n) is 19.8. The summed E-state index contributed by atoms with van der Waals surface area (Å²) in [5, 5.41) is 24.5. The molecule has 2 aromatic rings. The van der Waals surface area contributed by atoms with Crippen LogP contribution >= 0.6 is 0 Å². The van der Waals surface area contributed by atoms with Crippen molar-refractivity contribution < 1.29 is 29.3 Å². The molecule has 4 N–H and O–H groups in total. The predicted octanol–water partition coefficient (Wildman–Crippen LogP) is 3.43. The molecule has 1 fully saturated rings.